The number of Topliss-reactive ketones (excluding diaryl/α,β-unsaturated/α-hetero) is 1. The van der Waals surface area contributed by atoms with E-state index in [-0.39, 0.29) is 11.7 Å². The second-order valence-corrected chi connectivity index (χ2v) is 7.19. The molecular formula is C21H17N3O2S. The Hall–Kier alpha value is -3.25. The standard InChI is InChI=1S/C21H17N3O2S/c1-13-3-5-16(6-4-13)18-11-24-19(12-27-21(24)23-18)20(26)22-17-9-7-15(8-10-17)14(2)25/h3-12H,1-2H3,(H,22,26). The Kier molecular flexibility index (Phi) is 4.33. The lowest BCUT2D eigenvalue weighted by molar-refractivity contribution is 0.101. The van der Waals surface area contributed by atoms with Crippen molar-refractivity contribution >= 4 is 33.7 Å². The number of hydrogen-bond acceptors (Lipinski definition) is 4. The van der Waals surface area contributed by atoms with E-state index >= 15 is 0 Å². The van der Waals surface area contributed by atoms with Crippen LogP contribution in [-0.2, 0) is 0 Å². The van der Waals surface area contributed by atoms with Crippen molar-refractivity contribution < 1.29 is 9.59 Å². The molecule has 0 saturated carbocycles. The SMILES string of the molecule is CC(=O)c1ccc(NC(=O)c2csc3nc(-c4ccc(C)cc4)cn23)cc1. The number of amides is 1. The quantitative estimate of drug-likeness (QED) is 0.520. The van der Waals surface area contributed by atoms with Gasteiger partial charge in [0.25, 0.3) is 5.91 Å². The Labute approximate surface area is 160 Å². The highest BCUT2D eigenvalue weighted by atomic mass is 32.1. The Morgan fingerprint density at radius 2 is 1.74 bits per heavy atom. The third-order valence-electron chi connectivity index (χ3n) is 4.34. The van der Waals surface area contributed by atoms with Crippen LogP contribution in [0.15, 0.2) is 60.1 Å². The largest absolute Gasteiger partial charge is 0.321 e. The fraction of sp³-hybridized carbons (Fsp3) is 0.0952. The van der Waals surface area contributed by atoms with Crippen LogP contribution < -0.4 is 5.32 Å². The van der Waals surface area contributed by atoms with Gasteiger partial charge in [-0.15, -0.1) is 11.3 Å². The molecule has 0 aliphatic heterocycles. The minimum Gasteiger partial charge on any atom is -0.321 e. The maximum absolute atomic E-state index is 12.7. The van der Waals surface area contributed by atoms with E-state index in [1.54, 1.807) is 34.0 Å². The van der Waals surface area contributed by atoms with Gasteiger partial charge in [0.2, 0.25) is 0 Å². The molecule has 0 atom stereocenters. The third kappa shape index (κ3) is 3.39. The molecule has 27 heavy (non-hydrogen) atoms. The summed E-state index contributed by atoms with van der Waals surface area (Å²) < 4.78 is 1.80. The van der Waals surface area contributed by atoms with Crippen molar-refractivity contribution in [2.75, 3.05) is 5.32 Å². The molecule has 0 unspecified atom stereocenters. The van der Waals surface area contributed by atoms with Crippen LogP contribution in [0, 0.1) is 6.92 Å². The molecule has 0 radical (unpaired) electrons. The number of nitrogens with one attached hydrogen (secondary N) is 1. The highest BCUT2D eigenvalue weighted by Crippen LogP contribution is 2.24. The fourth-order valence-corrected chi connectivity index (χ4v) is 3.65. The van der Waals surface area contributed by atoms with Gasteiger partial charge in [-0.25, -0.2) is 4.98 Å². The topological polar surface area (TPSA) is 63.5 Å². The zero-order chi connectivity index (χ0) is 19.0. The van der Waals surface area contributed by atoms with Crippen LogP contribution in [-0.4, -0.2) is 21.1 Å². The minimum atomic E-state index is -0.218. The summed E-state index contributed by atoms with van der Waals surface area (Å²) in [6, 6.07) is 15.0. The number of ketones is 1. The molecule has 0 bridgehead atoms. The summed E-state index contributed by atoms with van der Waals surface area (Å²) in [6.45, 7) is 3.56. The predicted molar refractivity (Wildman–Crippen MR) is 108 cm³/mol. The molecule has 6 heteroatoms. The summed E-state index contributed by atoms with van der Waals surface area (Å²) >= 11 is 1.42. The number of anilines is 1. The molecule has 1 amide bonds. The number of benzene rings is 2. The van der Waals surface area contributed by atoms with Crippen molar-refractivity contribution in [2.45, 2.75) is 13.8 Å². The van der Waals surface area contributed by atoms with Crippen LogP contribution in [0.2, 0.25) is 0 Å². The predicted octanol–water partition coefficient (Wildman–Crippen LogP) is 4.83. The normalized spacial score (nSPS) is 10.9. The van der Waals surface area contributed by atoms with E-state index in [0.717, 1.165) is 16.2 Å². The number of aromatic nitrogens is 2. The highest BCUT2D eigenvalue weighted by molar-refractivity contribution is 7.15. The molecule has 5 nitrogen and oxygen atoms in total. The summed E-state index contributed by atoms with van der Waals surface area (Å²) in [6.07, 6.45) is 1.88. The summed E-state index contributed by atoms with van der Waals surface area (Å²) in [5.41, 5.74) is 4.82. The van der Waals surface area contributed by atoms with Gasteiger partial charge in [-0.1, -0.05) is 29.8 Å². The van der Waals surface area contributed by atoms with Gasteiger partial charge in [-0.05, 0) is 38.1 Å². The lowest BCUT2D eigenvalue weighted by Gasteiger charge is -2.05. The first-order valence-corrected chi connectivity index (χ1v) is 9.35. The average molecular weight is 375 g/mol. The van der Waals surface area contributed by atoms with Crippen molar-refractivity contribution in [2.24, 2.45) is 0 Å². The van der Waals surface area contributed by atoms with Crippen molar-refractivity contribution in [1.29, 1.82) is 0 Å². The van der Waals surface area contributed by atoms with Crippen molar-refractivity contribution in [3.05, 3.63) is 76.9 Å². The van der Waals surface area contributed by atoms with Gasteiger partial charge in [0.1, 0.15) is 5.69 Å². The Bertz CT molecular complexity index is 1140. The lowest BCUT2D eigenvalue weighted by atomic mass is 10.1. The van der Waals surface area contributed by atoms with Crippen LogP contribution in [0.5, 0.6) is 0 Å². The molecule has 2 heterocycles. The molecule has 134 valence electrons. The van der Waals surface area contributed by atoms with Gasteiger partial charge >= 0.3 is 0 Å². The molecule has 1 N–H and O–H groups in total. The first kappa shape index (κ1) is 17.2. The van der Waals surface area contributed by atoms with E-state index in [0.29, 0.717) is 16.9 Å². The summed E-state index contributed by atoms with van der Waals surface area (Å²) in [4.78, 5) is 29.4. The number of carbonyl (C=O) groups is 2. The van der Waals surface area contributed by atoms with Crippen LogP contribution in [0.3, 0.4) is 0 Å². The number of imidazole rings is 1. The number of nitrogens with zero attached hydrogens (tertiary/aromatic N) is 2. The van der Waals surface area contributed by atoms with Crippen molar-refractivity contribution in [3.63, 3.8) is 0 Å². The molecule has 0 saturated heterocycles. The molecule has 0 aliphatic rings. The van der Waals surface area contributed by atoms with Crippen molar-refractivity contribution in [3.8, 4) is 11.3 Å². The van der Waals surface area contributed by atoms with Gasteiger partial charge in [0.15, 0.2) is 10.7 Å². The molecule has 4 aromatic rings. The second-order valence-electron chi connectivity index (χ2n) is 6.35. The van der Waals surface area contributed by atoms with Crippen LogP contribution in [0.1, 0.15) is 33.3 Å². The van der Waals surface area contributed by atoms with E-state index in [2.05, 4.69) is 10.3 Å². The van der Waals surface area contributed by atoms with E-state index in [1.165, 1.54) is 23.8 Å². The van der Waals surface area contributed by atoms with Gasteiger partial charge in [0, 0.05) is 28.4 Å². The Morgan fingerprint density at radius 1 is 1.04 bits per heavy atom. The zero-order valence-electron chi connectivity index (χ0n) is 14.9. The van der Waals surface area contributed by atoms with Crippen molar-refractivity contribution in [1.82, 2.24) is 9.38 Å². The number of aryl methyl sites for hydroxylation is 1. The van der Waals surface area contributed by atoms with Gasteiger partial charge < -0.3 is 5.32 Å². The molecule has 0 aliphatic carbocycles. The molecule has 2 aromatic heterocycles. The number of fused-ring (bicyclic) bond motifs is 1. The molecule has 4 rings (SSSR count). The Morgan fingerprint density at radius 3 is 2.41 bits per heavy atom. The lowest BCUT2D eigenvalue weighted by Crippen LogP contribution is -2.13. The fourth-order valence-electron chi connectivity index (χ4n) is 2.79. The first-order chi connectivity index (χ1) is 13.0. The van der Waals surface area contributed by atoms with E-state index in [1.807, 2.05) is 37.4 Å². The highest BCUT2D eigenvalue weighted by Gasteiger charge is 2.15. The van der Waals surface area contributed by atoms with E-state index in [4.69, 9.17) is 0 Å². The minimum absolute atomic E-state index is 0.00512. The summed E-state index contributed by atoms with van der Waals surface area (Å²) in [5, 5.41) is 4.66. The number of rotatable bonds is 4. The van der Waals surface area contributed by atoms with Crippen LogP contribution in [0.4, 0.5) is 5.69 Å². The van der Waals surface area contributed by atoms with E-state index < -0.39 is 0 Å². The average Bonchev–Trinajstić information content (AvgIpc) is 3.23. The molecule has 0 fully saturated rings. The van der Waals surface area contributed by atoms with Crippen LogP contribution >= 0.6 is 11.3 Å². The molecule has 2 aromatic carbocycles. The van der Waals surface area contributed by atoms with E-state index in [9.17, 15) is 9.59 Å². The summed E-state index contributed by atoms with van der Waals surface area (Å²) in [5.74, 6) is -0.223. The Balaban J connectivity index is 1.60. The van der Waals surface area contributed by atoms with Gasteiger partial charge in [-0.3, -0.25) is 14.0 Å². The maximum Gasteiger partial charge on any atom is 0.273 e. The van der Waals surface area contributed by atoms with Gasteiger partial charge in [0.05, 0.1) is 5.69 Å². The molecule has 0 spiro atoms. The number of hydrogen-bond donors (Lipinski definition) is 1. The van der Waals surface area contributed by atoms with Crippen LogP contribution in [0.25, 0.3) is 16.2 Å². The smallest absolute Gasteiger partial charge is 0.273 e. The first-order valence-electron chi connectivity index (χ1n) is 8.47. The monoisotopic (exact) mass is 375 g/mol. The number of carbonyl (C=O) groups excluding carboxylic acids is 2. The second kappa shape index (κ2) is 6.81. The number of thiazole rings is 1. The zero-order valence-corrected chi connectivity index (χ0v) is 15.7. The molecular weight excluding hydrogens is 358 g/mol. The maximum atomic E-state index is 12.7. The van der Waals surface area contributed by atoms with Gasteiger partial charge in [-0.2, -0.15) is 0 Å². The summed E-state index contributed by atoms with van der Waals surface area (Å²) in [7, 11) is 0. The third-order valence-corrected chi connectivity index (χ3v) is 5.18.